The monoisotopic (exact) mass is 261 g/mol. The molecule has 0 unspecified atom stereocenters. The van der Waals surface area contributed by atoms with Crippen LogP contribution in [0.15, 0.2) is 18.2 Å². The van der Waals surface area contributed by atoms with E-state index in [0.717, 1.165) is 33.6 Å². The molecule has 0 atom stereocenters. The predicted molar refractivity (Wildman–Crippen MR) is 72.3 cm³/mol. The van der Waals surface area contributed by atoms with Gasteiger partial charge >= 0.3 is 5.97 Å². The first-order valence-electron chi connectivity index (χ1n) is 6.17. The molecule has 0 aliphatic heterocycles. The number of benzene rings is 1. The smallest absolute Gasteiger partial charge is 0.314 e. The highest BCUT2D eigenvalue weighted by atomic mass is 32.1. The number of rotatable bonds is 3. The van der Waals surface area contributed by atoms with Gasteiger partial charge in [-0.25, -0.2) is 4.98 Å². The molecule has 1 saturated carbocycles. The largest absolute Gasteiger partial charge is 0.481 e. The molecule has 1 N–H and O–H groups in total. The first-order chi connectivity index (χ1) is 8.53. The highest BCUT2D eigenvalue weighted by molar-refractivity contribution is 7.18. The van der Waals surface area contributed by atoms with Gasteiger partial charge < -0.3 is 5.11 Å². The fourth-order valence-corrected chi connectivity index (χ4v) is 3.19. The van der Waals surface area contributed by atoms with Crippen molar-refractivity contribution in [2.24, 2.45) is 0 Å². The number of aliphatic carboxylic acids is 1. The third-order valence-electron chi connectivity index (χ3n) is 3.61. The van der Waals surface area contributed by atoms with Crippen molar-refractivity contribution in [3.63, 3.8) is 0 Å². The maximum Gasteiger partial charge on any atom is 0.314 e. The summed E-state index contributed by atoms with van der Waals surface area (Å²) in [7, 11) is 0. The lowest BCUT2D eigenvalue weighted by atomic mass is 9.96. The zero-order valence-electron chi connectivity index (χ0n) is 10.4. The Morgan fingerprint density at radius 1 is 1.44 bits per heavy atom. The average Bonchev–Trinajstić information content (AvgIpc) is 3.02. The molecule has 1 heterocycles. The Bertz CT molecular complexity index is 626. The van der Waals surface area contributed by atoms with Gasteiger partial charge in [-0.3, -0.25) is 4.79 Å². The normalized spacial score (nSPS) is 17.3. The molecule has 1 fully saturated rings. The minimum absolute atomic E-state index is 0.417. The molecule has 1 aliphatic carbocycles. The van der Waals surface area contributed by atoms with Crippen LogP contribution in [0.3, 0.4) is 0 Å². The van der Waals surface area contributed by atoms with Crippen molar-refractivity contribution in [1.82, 2.24) is 4.98 Å². The van der Waals surface area contributed by atoms with Gasteiger partial charge in [0.2, 0.25) is 0 Å². The van der Waals surface area contributed by atoms with Gasteiger partial charge in [0, 0.05) is 5.92 Å². The number of fused-ring (bicyclic) bond motifs is 1. The first kappa shape index (κ1) is 11.7. The van der Waals surface area contributed by atoms with Crippen LogP contribution in [0.4, 0.5) is 0 Å². The van der Waals surface area contributed by atoms with Gasteiger partial charge in [-0.2, -0.15) is 0 Å². The van der Waals surface area contributed by atoms with Gasteiger partial charge in [0.05, 0.1) is 20.6 Å². The van der Waals surface area contributed by atoms with Crippen LogP contribution in [-0.2, 0) is 10.2 Å². The van der Waals surface area contributed by atoms with Crippen LogP contribution >= 0.6 is 11.3 Å². The van der Waals surface area contributed by atoms with Crippen molar-refractivity contribution < 1.29 is 9.90 Å². The number of carboxylic acid groups (broad SMARTS) is 1. The van der Waals surface area contributed by atoms with Crippen LogP contribution in [0.5, 0.6) is 0 Å². The Morgan fingerprint density at radius 2 is 2.17 bits per heavy atom. The number of carboxylic acids is 1. The summed E-state index contributed by atoms with van der Waals surface area (Å²) >= 11 is 1.69. The molecule has 3 rings (SSSR count). The number of aromatic nitrogens is 1. The number of hydrogen-bond acceptors (Lipinski definition) is 3. The lowest BCUT2D eigenvalue weighted by Gasteiger charge is -2.09. The highest BCUT2D eigenvalue weighted by Gasteiger charge is 2.51. The molecule has 0 bridgehead atoms. The maximum absolute atomic E-state index is 11.3. The zero-order valence-corrected chi connectivity index (χ0v) is 11.3. The van der Waals surface area contributed by atoms with E-state index in [-0.39, 0.29) is 0 Å². The summed E-state index contributed by atoms with van der Waals surface area (Å²) in [5, 5.41) is 10.4. The summed E-state index contributed by atoms with van der Waals surface area (Å²) < 4.78 is 1.14. The Kier molecular flexibility index (Phi) is 2.45. The van der Waals surface area contributed by atoms with Gasteiger partial charge in [0.1, 0.15) is 0 Å². The van der Waals surface area contributed by atoms with E-state index < -0.39 is 11.4 Å². The molecule has 1 aliphatic rings. The summed E-state index contributed by atoms with van der Waals surface area (Å²) in [4.78, 5) is 15.9. The SMILES string of the molecule is CC(C)c1nc2cc(C3(C(=O)O)CC3)ccc2s1. The third kappa shape index (κ3) is 1.63. The van der Waals surface area contributed by atoms with Crippen molar-refractivity contribution in [2.75, 3.05) is 0 Å². The first-order valence-corrected chi connectivity index (χ1v) is 6.99. The lowest BCUT2D eigenvalue weighted by molar-refractivity contribution is -0.140. The van der Waals surface area contributed by atoms with Gasteiger partial charge in [-0.05, 0) is 30.5 Å². The molecule has 4 heteroatoms. The fraction of sp³-hybridized carbons (Fsp3) is 0.429. The summed E-state index contributed by atoms with van der Waals surface area (Å²) in [6.45, 7) is 4.25. The van der Waals surface area contributed by atoms with E-state index in [9.17, 15) is 9.90 Å². The second kappa shape index (κ2) is 3.79. The van der Waals surface area contributed by atoms with E-state index >= 15 is 0 Å². The Morgan fingerprint density at radius 3 is 2.72 bits per heavy atom. The van der Waals surface area contributed by atoms with Crippen molar-refractivity contribution in [3.05, 3.63) is 28.8 Å². The fourth-order valence-electron chi connectivity index (χ4n) is 2.24. The number of thiazole rings is 1. The molecule has 0 saturated heterocycles. The topological polar surface area (TPSA) is 50.2 Å². The molecule has 1 aromatic heterocycles. The molecule has 3 nitrogen and oxygen atoms in total. The van der Waals surface area contributed by atoms with E-state index in [2.05, 4.69) is 18.8 Å². The second-order valence-corrected chi connectivity index (χ2v) is 6.34. The molecular weight excluding hydrogens is 246 g/mol. The number of carbonyl (C=O) groups is 1. The molecule has 2 aromatic rings. The minimum Gasteiger partial charge on any atom is -0.481 e. The Labute approximate surface area is 109 Å². The van der Waals surface area contributed by atoms with Crippen LogP contribution < -0.4 is 0 Å². The number of hydrogen-bond donors (Lipinski definition) is 1. The number of nitrogens with zero attached hydrogens (tertiary/aromatic N) is 1. The maximum atomic E-state index is 11.3. The molecule has 18 heavy (non-hydrogen) atoms. The van der Waals surface area contributed by atoms with Crippen LogP contribution in [0.2, 0.25) is 0 Å². The van der Waals surface area contributed by atoms with Gasteiger partial charge in [-0.15, -0.1) is 11.3 Å². The van der Waals surface area contributed by atoms with Crippen molar-refractivity contribution in [1.29, 1.82) is 0 Å². The van der Waals surface area contributed by atoms with E-state index in [4.69, 9.17) is 0 Å². The summed E-state index contributed by atoms with van der Waals surface area (Å²) in [5.41, 5.74) is 1.22. The van der Waals surface area contributed by atoms with Gasteiger partial charge in [0.25, 0.3) is 0 Å². The summed E-state index contributed by atoms with van der Waals surface area (Å²) in [6.07, 6.45) is 1.49. The van der Waals surface area contributed by atoms with E-state index in [0.29, 0.717) is 5.92 Å². The van der Waals surface area contributed by atoms with E-state index in [1.54, 1.807) is 11.3 Å². The standard InChI is InChI=1S/C14H15NO2S/c1-8(2)12-15-10-7-9(3-4-11(10)18-12)14(5-6-14)13(16)17/h3-4,7-8H,5-6H2,1-2H3,(H,16,17). The molecule has 0 spiro atoms. The van der Waals surface area contributed by atoms with Crippen LogP contribution in [-0.4, -0.2) is 16.1 Å². The van der Waals surface area contributed by atoms with E-state index in [1.165, 1.54) is 0 Å². The van der Waals surface area contributed by atoms with Gasteiger partial charge in [0.15, 0.2) is 0 Å². The van der Waals surface area contributed by atoms with Crippen molar-refractivity contribution in [3.8, 4) is 0 Å². The minimum atomic E-state index is -0.707. The highest BCUT2D eigenvalue weighted by Crippen LogP contribution is 2.49. The van der Waals surface area contributed by atoms with Crippen LogP contribution in [0.25, 0.3) is 10.2 Å². The molecular formula is C14H15NO2S. The predicted octanol–water partition coefficient (Wildman–Crippen LogP) is 3.54. The van der Waals surface area contributed by atoms with Gasteiger partial charge in [-0.1, -0.05) is 19.9 Å². The van der Waals surface area contributed by atoms with Crippen molar-refractivity contribution >= 4 is 27.5 Å². The molecule has 1 aromatic carbocycles. The Balaban J connectivity index is 2.09. The van der Waals surface area contributed by atoms with Crippen molar-refractivity contribution in [2.45, 2.75) is 38.0 Å². The molecule has 94 valence electrons. The summed E-state index contributed by atoms with van der Waals surface area (Å²) in [6, 6.07) is 5.92. The second-order valence-electron chi connectivity index (χ2n) is 5.28. The van der Waals surface area contributed by atoms with Crippen LogP contribution in [0, 0.1) is 0 Å². The quantitative estimate of drug-likeness (QED) is 0.919. The van der Waals surface area contributed by atoms with Crippen LogP contribution in [0.1, 0.15) is 43.2 Å². The average molecular weight is 261 g/mol. The lowest BCUT2D eigenvalue weighted by Crippen LogP contribution is -2.19. The Hall–Kier alpha value is -1.42. The molecule has 0 amide bonds. The summed E-state index contributed by atoms with van der Waals surface area (Å²) in [5.74, 6) is -0.290. The zero-order chi connectivity index (χ0) is 12.9. The molecule has 0 radical (unpaired) electrons. The third-order valence-corrected chi connectivity index (χ3v) is 4.95. The van der Waals surface area contributed by atoms with E-state index in [1.807, 2.05) is 18.2 Å².